The molecular formula is C31H47N3O7. The number of hydrogen-bond donors (Lipinski definition) is 2. The Morgan fingerprint density at radius 3 is 2.39 bits per heavy atom. The van der Waals surface area contributed by atoms with Crippen molar-refractivity contribution in [3.05, 3.63) is 23.3 Å². The van der Waals surface area contributed by atoms with Crippen molar-refractivity contribution in [3.63, 3.8) is 0 Å². The Kier molecular flexibility index (Phi) is 9.11. The van der Waals surface area contributed by atoms with E-state index in [2.05, 4.69) is 10.6 Å². The molecular weight excluding hydrogens is 526 g/mol. The summed E-state index contributed by atoms with van der Waals surface area (Å²) in [5.74, 6) is 1.19. The van der Waals surface area contributed by atoms with Gasteiger partial charge in [0, 0.05) is 49.3 Å². The van der Waals surface area contributed by atoms with Gasteiger partial charge >= 0.3 is 6.09 Å². The maximum atomic E-state index is 13.3. The third kappa shape index (κ3) is 7.84. The Hall–Kier alpha value is -3.01. The topological polar surface area (TPSA) is 115 Å². The SMILES string of the molecule is Cc1c(C(=O)NC2CCOC3(CCN(C(=O)C[C@@H](NC(=O)OC(C)(C)C)C(C)(C)C)CC3)C2)ccc2c1OCCO2. The van der Waals surface area contributed by atoms with Crippen molar-refractivity contribution < 1.29 is 33.3 Å². The summed E-state index contributed by atoms with van der Waals surface area (Å²) in [4.78, 5) is 40.8. The lowest BCUT2D eigenvalue weighted by Gasteiger charge is -2.46. The van der Waals surface area contributed by atoms with E-state index in [0.717, 1.165) is 12.0 Å². The summed E-state index contributed by atoms with van der Waals surface area (Å²) in [5, 5.41) is 6.13. The quantitative estimate of drug-likeness (QED) is 0.538. The number of benzene rings is 1. The first kappa shape index (κ1) is 30.9. The molecule has 3 aliphatic rings. The van der Waals surface area contributed by atoms with E-state index in [1.54, 1.807) is 12.1 Å². The minimum atomic E-state index is -0.613. The number of piperidine rings is 1. The number of amides is 3. The molecule has 0 aromatic heterocycles. The number of fused-ring (bicyclic) bond motifs is 1. The molecule has 41 heavy (non-hydrogen) atoms. The second kappa shape index (κ2) is 12.1. The van der Waals surface area contributed by atoms with Gasteiger partial charge in [-0.25, -0.2) is 4.79 Å². The zero-order valence-corrected chi connectivity index (χ0v) is 25.7. The smallest absolute Gasteiger partial charge is 0.407 e. The summed E-state index contributed by atoms with van der Waals surface area (Å²) in [7, 11) is 0. The van der Waals surface area contributed by atoms with Crippen LogP contribution in [0.4, 0.5) is 4.79 Å². The van der Waals surface area contributed by atoms with Crippen molar-refractivity contribution in [2.45, 2.75) is 104 Å². The number of carbonyl (C=O) groups excluding carboxylic acids is 3. The average Bonchev–Trinajstić information content (AvgIpc) is 2.87. The molecule has 10 nitrogen and oxygen atoms in total. The number of rotatable bonds is 5. The fraction of sp³-hybridized carbons (Fsp3) is 0.710. The van der Waals surface area contributed by atoms with E-state index in [9.17, 15) is 14.4 Å². The van der Waals surface area contributed by atoms with Gasteiger partial charge in [0.1, 0.15) is 18.8 Å². The highest BCUT2D eigenvalue weighted by Crippen LogP contribution is 2.37. The van der Waals surface area contributed by atoms with E-state index in [-0.39, 0.29) is 41.3 Å². The Labute approximate surface area is 243 Å². The van der Waals surface area contributed by atoms with Crippen LogP contribution in [0.25, 0.3) is 0 Å². The van der Waals surface area contributed by atoms with E-state index in [1.165, 1.54) is 0 Å². The van der Waals surface area contributed by atoms with Gasteiger partial charge in [-0.05, 0) is 70.9 Å². The predicted octanol–water partition coefficient (Wildman–Crippen LogP) is 4.37. The summed E-state index contributed by atoms with van der Waals surface area (Å²) in [5.41, 5.74) is 0.0635. The second-order valence-corrected chi connectivity index (χ2v) is 13.6. The summed E-state index contributed by atoms with van der Waals surface area (Å²) >= 11 is 0. The van der Waals surface area contributed by atoms with Crippen LogP contribution in [0.15, 0.2) is 12.1 Å². The molecule has 0 aliphatic carbocycles. The van der Waals surface area contributed by atoms with Gasteiger partial charge in [-0.1, -0.05) is 20.8 Å². The van der Waals surface area contributed by atoms with Crippen LogP contribution in [-0.4, -0.2) is 79.0 Å². The molecule has 1 spiro atoms. The first-order chi connectivity index (χ1) is 19.2. The monoisotopic (exact) mass is 573 g/mol. The fourth-order valence-electron chi connectivity index (χ4n) is 5.75. The van der Waals surface area contributed by atoms with Crippen molar-refractivity contribution in [3.8, 4) is 11.5 Å². The van der Waals surface area contributed by atoms with E-state index in [0.29, 0.717) is 69.2 Å². The zero-order valence-electron chi connectivity index (χ0n) is 25.7. The molecule has 2 saturated heterocycles. The molecule has 2 fully saturated rings. The van der Waals surface area contributed by atoms with Crippen LogP contribution >= 0.6 is 0 Å². The summed E-state index contributed by atoms with van der Waals surface area (Å²) in [6.07, 6.45) is 2.53. The molecule has 0 saturated carbocycles. The molecule has 1 aromatic rings. The van der Waals surface area contributed by atoms with E-state index < -0.39 is 11.7 Å². The van der Waals surface area contributed by atoms with Crippen LogP contribution in [0.3, 0.4) is 0 Å². The highest BCUT2D eigenvalue weighted by molar-refractivity contribution is 5.96. The highest BCUT2D eigenvalue weighted by atomic mass is 16.6. The Morgan fingerprint density at radius 2 is 1.73 bits per heavy atom. The van der Waals surface area contributed by atoms with Crippen LogP contribution < -0.4 is 20.1 Å². The van der Waals surface area contributed by atoms with E-state index in [1.807, 2.05) is 53.4 Å². The summed E-state index contributed by atoms with van der Waals surface area (Å²) in [6, 6.07) is 3.20. The molecule has 10 heteroatoms. The largest absolute Gasteiger partial charge is 0.486 e. The number of ether oxygens (including phenoxy) is 4. The minimum Gasteiger partial charge on any atom is -0.486 e. The predicted molar refractivity (Wildman–Crippen MR) is 154 cm³/mol. The maximum Gasteiger partial charge on any atom is 0.407 e. The number of nitrogens with zero attached hydrogens (tertiary/aromatic N) is 1. The van der Waals surface area contributed by atoms with Crippen molar-refractivity contribution in [1.29, 1.82) is 0 Å². The second-order valence-electron chi connectivity index (χ2n) is 13.6. The average molecular weight is 574 g/mol. The molecule has 3 amide bonds. The maximum absolute atomic E-state index is 13.3. The minimum absolute atomic E-state index is 0.00517. The number of carbonyl (C=O) groups is 3. The normalized spacial score (nSPS) is 21.1. The lowest BCUT2D eigenvalue weighted by atomic mass is 9.81. The third-order valence-corrected chi connectivity index (χ3v) is 8.17. The van der Waals surface area contributed by atoms with E-state index >= 15 is 0 Å². The molecule has 0 bridgehead atoms. The third-order valence-electron chi connectivity index (χ3n) is 8.17. The summed E-state index contributed by atoms with van der Waals surface area (Å²) in [6.45, 7) is 16.0. The van der Waals surface area contributed by atoms with Gasteiger partial charge in [0.25, 0.3) is 5.91 Å². The molecule has 2 atom stereocenters. The van der Waals surface area contributed by atoms with Crippen LogP contribution in [0.1, 0.15) is 89.6 Å². The molecule has 3 heterocycles. The Morgan fingerprint density at radius 1 is 1.05 bits per heavy atom. The lowest BCUT2D eigenvalue weighted by Crippen LogP contribution is -2.55. The lowest BCUT2D eigenvalue weighted by molar-refractivity contribution is -0.145. The Bertz CT molecular complexity index is 1130. The summed E-state index contributed by atoms with van der Waals surface area (Å²) < 4.78 is 23.1. The molecule has 228 valence electrons. The van der Waals surface area contributed by atoms with Crippen LogP contribution in [-0.2, 0) is 14.3 Å². The van der Waals surface area contributed by atoms with Gasteiger partial charge in [0.2, 0.25) is 5.91 Å². The zero-order chi connectivity index (χ0) is 30.0. The first-order valence-corrected chi connectivity index (χ1v) is 14.8. The molecule has 1 aromatic carbocycles. The molecule has 0 radical (unpaired) electrons. The van der Waals surface area contributed by atoms with Crippen molar-refractivity contribution in [2.75, 3.05) is 32.9 Å². The van der Waals surface area contributed by atoms with Crippen LogP contribution in [0.2, 0.25) is 0 Å². The van der Waals surface area contributed by atoms with Crippen molar-refractivity contribution >= 4 is 17.9 Å². The van der Waals surface area contributed by atoms with Crippen molar-refractivity contribution in [2.24, 2.45) is 5.41 Å². The van der Waals surface area contributed by atoms with Gasteiger partial charge in [0.15, 0.2) is 11.5 Å². The van der Waals surface area contributed by atoms with Gasteiger partial charge in [-0.3, -0.25) is 9.59 Å². The molecule has 3 aliphatic heterocycles. The number of hydrogen-bond acceptors (Lipinski definition) is 7. The molecule has 4 rings (SSSR count). The highest BCUT2D eigenvalue weighted by Gasteiger charge is 2.42. The number of nitrogens with one attached hydrogen (secondary N) is 2. The standard InChI is InChI=1S/C31H47N3O7/c1-20-22(8-9-23-26(20)39-17-16-38-23)27(36)32-21-10-15-40-31(19-21)11-13-34(14-12-31)25(35)18-24(29(2,3)4)33-28(37)41-30(5,6)7/h8-9,21,24H,10-19H2,1-7H3,(H,32,36)(H,33,37)/t21?,24-/m1/s1. The van der Waals surface area contributed by atoms with E-state index in [4.69, 9.17) is 18.9 Å². The van der Waals surface area contributed by atoms with Gasteiger partial charge < -0.3 is 34.5 Å². The number of alkyl carbamates (subject to hydrolysis) is 1. The van der Waals surface area contributed by atoms with Crippen LogP contribution in [0.5, 0.6) is 11.5 Å². The molecule has 1 unspecified atom stereocenters. The Balaban J connectivity index is 1.32. The van der Waals surface area contributed by atoms with Gasteiger partial charge in [0.05, 0.1) is 5.60 Å². The first-order valence-electron chi connectivity index (χ1n) is 14.8. The van der Waals surface area contributed by atoms with Crippen LogP contribution in [0, 0.1) is 12.3 Å². The molecule has 2 N–H and O–H groups in total. The van der Waals surface area contributed by atoms with Crippen molar-refractivity contribution in [1.82, 2.24) is 15.5 Å². The van der Waals surface area contributed by atoms with Gasteiger partial charge in [-0.2, -0.15) is 0 Å². The number of likely N-dealkylation sites (tertiary alicyclic amines) is 1. The fourth-order valence-corrected chi connectivity index (χ4v) is 5.75. The van der Waals surface area contributed by atoms with Gasteiger partial charge in [-0.15, -0.1) is 0 Å².